The molecule has 0 saturated carbocycles. The standard InChI is InChI=1S/C12H10F2N6O/c1-2-21-9-4-3-8(10(13)11(9)14)16-6-7(5-15)12-17-19-20-18-12/h3-4,6,16H,2H2,1H3,(H,17,18,19,20). The molecule has 0 radical (unpaired) electrons. The molecule has 0 amide bonds. The molecule has 2 rings (SSSR count). The van der Waals surface area contributed by atoms with E-state index in [4.69, 9.17) is 10.00 Å². The van der Waals surface area contributed by atoms with Gasteiger partial charge >= 0.3 is 0 Å². The fraction of sp³-hybridized carbons (Fsp3) is 0.167. The first kappa shape index (κ1) is 14.4. The van der Waals surface area contributed by atoms with Crippen LogP contribution in [0.5, 0.6) is 5.75 Å². The lowest BCUT2D eigenvalue weighted by atomic mass is 10.2. The van der Waals surface area contributed by atoms with E-state index < -0.39 is 11.6 Å². The van der Waals surface area contributed by atoms with E-state index in [9.17, 15) is 8.78 Å². The van der Waals surface area contributed by atoms with Gasteiger partial charge in [-0.3, -0.25) is 0 Å². The van der Waals surface area contributed by atoms with Crippen molar-refractivity contribution in [3.8, 4) is 11.8 Å². The van der Waals surface area contributed by atoms with Crippen LogP contribution in [0.4, 0.5) is 14.5 Å². The van der Waals surface area contributed by atoms with Gasteiger partial charge in [0.1, 0.15) is 11.6 Å². The van der Waals surface area contributed by atoms with Gasteiger partial charge in [0.15, 0.2) is 11.6 Å². The highest BCUT2D eigenvalue weighted by Gasteiger charge is 2.14. The van der Waals surface area contributed by atoms with Gasteiger partial charge in [-0.15, -0.1) is 10.2 Å². The second-order valence-electron chi connectivity index (χ2n) is 3.72. The highest BCUT2D eigenvalue weighted by atomic mass is 19.2. The Labute approximate surface area is 118 Å². The van der Waals surface area contributed by atoms with Crippen LogP contribution in [0.25, 0.3) is 5.57 Å². The number of hydrogen-bond acceptors (Lipinski definition) is 6. The average Bonchev–Trinajstić information content (AvgIpc) is 3.01. The van der Waals surface area contributed by atoms with Gasteiger partial charge < -0.3 is 10.1 Å². The van der Waals surface area contributed by atoms with Crippen molar-refractivity contribution in [1.82, 2.24) is 20.6 Å². The Balaban J connectivity index is 2.24. The Bertz CT molecular complexity index is 693. The van der Waals surface area contributed by atoms with Crippen LogP contribution in [0, 0.1) is 23.0 Å². The molecule has 1 heterocycles. The molecular formula is C12H10F2N6O. The number of benzene rings is 1. The first-order valence-corrected chi connectivity index (χ1v) is 5.88. The second kappa shape index (κ2) is 6.42. The van der Waals surface area contributed by atoms with E-state index in [0.29, 0.717) is 0 Å². The molecule has 0 unspecified atom stereocenters. The van der Waals surface area contributed by atoms with Gasteiger partial charge in [0, 0.05) is 6.20 Å². The number of nitriles is 1. The van der Waals surface area contributed by atoms with Gasteiger partial charge in [0.05, 0.1) is 12.3 Å². The number of rotatable bonds is 5. The summed E-state index contributed by atoms with van der Waals surface area (Å²) in [5.41, 5.74) is -0.135. The molecule has 0 atom stereocenters. The summed E-state index contributed by atoms with van der Waals surface area (Å²) >= 11 is 0. The molecule has 0 saturated heterocycles. The third-order valence-electron chi connectivity index (χ3n) is 2.43. The van der Waals surface area contributed by atoms with Crippen molar-refractivity contribution in [2.75, 3.05) is 11.9 Å². The minimum atomic E-state index is -1.11. The number of nitrogens with zero attached hydrogens (tertiary/aromatic N) is 4. The number of aromatic nitrogens is 4. The fourth-order valence-electron chi connectivity index (χ4n) is 1.48. The first-order chi connectivity index (χ1) is 10.2. The first-order valence-electron chi connectivity index (χ1n) is 5.88. The van der Waals surface area contributed by atoms with Crippen molar-refractivity contribution in [2.24, 2.45) is 0 Å². The molecule has 0 bridgehead atoms. The maximum Gasteiger partial charge on any atom is 0.216 e. The van der Waals surface area contributed by atoms with Gasteiger partial charge in [-0.2, -0.15) is 14.9 Å². The van der Waals surface area contributed by atoms with Crippen LogP contribution in [0.3, 0.4) is 0 Å². The van der Waals surface area contributed by atoms with Crippen molar-refractivity contribution < 1.29 is 13.5 Å². The number of halogens is 2. The van der Waals surface area contributed by atoms with Crippen LogP contribution in [-0.4, -0.2) is 27.2 Å². The molecule has 0 spiro atoms. The Morgan fingerprint density at radius 2 is 2.29 bits per heavy atom. The highest BCUT2D eigenvalue weighted by molar-refractivity contribution is 5.74. The molecule has 0 fully saturated rings. The third-order valence-corrected chi connectivity index (χ3v) is 2.43. The lowest BCUT2D eigenvalue weighted by molar-refractivity contribution is 0.314. The van der Waals surface area contributed by atoms with Gasteiger partial charge in [-0.25, -0.2) is 4.39 Å². The summed E-state index contributed by atoms with van der Waals surface area (Å²) in [6.07, 6.45) is 1.16. The molecule has 0 aliphatic carbocycles. The zero-order valence-electron chi connectivity index (χ0n) is 10.9. The molecular weight excluding hydrogens is 282 g/mol. The number of allylic oxidation sites excluding steroid dienone is 1. The van der Waals surface area contributed by atoms with Crippen LogP contribution in [-0.2, 0) is 0 Å². The van der Waals surface area contributed by atoms with Gasteiger partial charge in [-0.05, 0) is 24.3 Å². The van der Waals surface area contributed by atoms with Crippen molar-refractivity contribution in [3.63, 3.8) is 0 Å². The Morgan fingerprint density at radius 3 is 2.90 bits per heavy atom. The molecule has 7 nitrogen and oxygen atoms in total. The predicted octanol–water partition coefficient (Wildman–Crippen LogP) is 1.85. The quantitative estimate of drug-likeness (QED) is 0.816. The lowest BCUT2D eigenvalue weighted by Gasteiger charge is -2.08. The van der Waals surface area contributed by atoms with Crippen LogP contribution in [0.1, 0.15) is 12.7 Å². The predicted molar refractivity (Wildman–Crippen MR) is 68.9 cm³/mol. The molecule has 108 valence electrons. The molecule has 1 aromatic heterocycles. The van der Waals surface area contributed by atoms with Crippen molar-refractivity contribution in [2.45, 2.75) is 6.92 Å². The van der Waals surface area contributed by atoms with Crippen molar-refractivity contribution in [3.05, 3.63) is 35.8 Å². The Morgan fingerprint density at radius 1 is 1.48 bits per heavy atom. The summed E-state index contributed by atoms with van der Waals surface area (Å²) in [6.45, 7) is 1.88. The molecule has 0 aliphatic rings. The summed E-state index contributed by atoms with van der Waals surface area (Å²) in [6, 6.07) is 4.40. The molecule has 2 N–H and O–H groups in total. The number of tetrazole rings is 1. The molecule has 0 aliphatic heterocycles. The lowest BCUT2D eigenvalue weighted by Crippen LogP contribution is -2.01. The minimum Gasteiger partial charge on any atom is -0.491 e. The summed E-state index contributed by atoms with van der Waals surface area (Å²) in [5, 5.41) is 24.1. The number of nitrogens with one attached hydrogen (secondary N) is 2. The summed E-state index contributed by atoms with van der Waals surface area (Å²) < 4.78 is 32.4. The SMILES string of the molecule is CCOc1ccc(NC=C(C#N)c2nn[nH]n2)c(F)c1F. The number of ether oxygens (including phenoxy) is 1. The van der Waals surface area contributed by atoms with Gasteiger partial charge in [0.2, 0.25) is 11.6 Å². The van der Waals surface area contributed by atoms with Crippen molar-refractivity contribution in [1.29, 1.82) is 5.26 Å². The van der Waals surface area contributed by atoms with Crippen LogP contribution < -0.4 is 10.1 Å². The van der Waals surface area contributed by atoms with E-state index in [2.05, 4.69) is 25.9 Å². The van der Waals surface area contributed by atoms with E-state index in [-0.39, 0.29) is 29.4 Å². The van der Waals surface area contributed by atoms with E-state index in [1.165, 1.54) is 12.1 Å². The summed E-state index contributed by atoms with van der Waals surface area (Å²) in [4.78, 5) is 0. The van der Waals surface area contributed by atoms with E-state index in [0.717, 1.165) is 6.20 Å². The Hall–Kier alpha value is -3.02. The van der Waals surface area contributed by atoms with Gasteiger partial charge in [0.25, 0.3) is 0 Å². The smallest absolute Gasteiger partial charge is 0.216 e. The molecule has 9 heteroatoms. The third kappa shape index (κ3) is 3.11. The number of hydrogen-bond donors (Lipinski definition) is 2. The molecule has 2 aromatic rings. The van der Waals surface area contributed by atoms with E-state index >= 15 is 0 Å². The summed E-state index contributed by atoms with van der Waals surface area (Å²) in [5.74, 6) is -2.35. The number of H-pyrrole nitrogens is 1. The van der Waals surface area contributed by atoms with Crippen molar-refractivity contribution >= 4 is 11.3 Å². The van der Waals surface area contributed by atoms with E-state index in [1.54, 1.807) is 6.92 Å². The van der Waals surface area contributed by atoms with Crippen LogP contribution in [0.2, 0.25) is 0 Å². The zero-order chi connectivity index (χ0) is 15.2. The van der Waals surface area contributed by atoms with Crippen LogP contribution >= 0.6 is 0 Å². The average molecular weight is 292 g/mol. The zero-order valence-corrected chi connectivity index (χ0v) is 10.9. The number of aromatic amines is 1. The summed E-state index contributed by atoms with van der Waals surface area (Å²) in [7, 11) is 0. The highest BCUT2D eigenvalue weighted by Crippen LogP contribution is 2.26. The maximum absolute atomic E-state index is 13.8. The number of anilines is 1. The van der Waals surface area contributed by atoms with Gasteiger partial charge in [-0.1, -0.05) is 0 Å². The largest absolute Gasteiger partial charge is 0.491 e. The fourth-order valence-corrected chi connectivity index (χ4v) is 1.48. The molecule has 1 aromatic carbocycles. The second-order valence-corrected chi connectivity index (χ2v) is 3.72. The molecule has 21 heavy (non-hydrogen) atoms. The van der Waals surface area contributed by atoms with E-state index in [1.807, 2.05) is 6.07 Å². The maximum atomic E-state index is 13.8. The topological polar surface area (TPSA) is 99.5 Å². The minimum absolute atomic E-state index is 0.0115. The monoisotopic (exact) mass is 292 g/mol. The van der Waals surface area contributed by atoms with Crippen LogP contribution in [0.15, 0.2) is 18.3 Å². The normalized spacial score (nSPS) is 11.0. The Kier molecular flexibility index (Phi) is 4.40.